The molecule has 0 aliphatic heterocycles. The number of hydrogen-bond acceptors (Lipinski definition) is 4. The zero-order valence-corrected chi connectivity index (χ0v) is 16.7. The molecule has 1 unspecified atom stereocenters. The second-order valence-electron chi connectivity index (χ2n) is 7.67. The topological polar surface area (TPSA) is 75.1 Å². The average molecular weight is 427 g/mol. The van der Waals surface area contributed by atoms with E-state index in [1.54, 1.807) is 18.2 Å². The fourth-order valence-corrected chi connectivity index (χ4v) is 4.00. The Hall–Kier alpha value is -3.42. The summed E-state index contributed by atoms with van der Waals surface area (Å²) in [5, 5.41) is 12.1. The van der Waals surface area contributed by atoms with Gasteiger partial charge in [0.05, 0.1) is 16.8 Å². The third-order valence-corrected chi connectivity index (χ3v) is 5.39. The number of carboxylic acid groups (broad SMARTS) is 1. The Labute approximate surface area is 177 Å². The normalized spacial score (nSPS) is 15.9. The second-order valence-corrected chi connectivity index (χ2v) is 7.67. The van der Waals surface area contributed by atoms with Crippen molar-refractivity contribution in [2.75, 3.05) is 5.32 Å². The maximum Gasteiger partial charge on any atom is 0.416 e. The number of carboxylic acids is 1. The lowest BCUT2D eigenvalue weighted by Crippen LogP contribution is -2.14. The van der Waals surface area contributed by atoms with E-state index < -0.39 is 17.7 Å². The molecule has 0 saturated carbocycles. The zero-order valence-electron chi connectivity index (χ0n) is 16.7. The van der Waals surface area contributed by atoms with Gasteiger partial charge in [-0.25, -0.2) is 14.8 Å². The van der Waals surface area contributed by atoms with E-state index in [-0.39, 0.29) is 17.3 Å². The van der Waals surface area contributed by atoms with E-state index in [2.05, 4.69) is 15.3 Å². The van der Waals surface area contributed by atoms with E-state index >= 15 is 0 Å². The first-order valence-electron chi connectivity index (χ1n) is 9.85. The van der Waals surface area contributed by atoms with Crippen molar-refractivity contribution in [3.63, 3.8) is 0 Å². The summed E-state index contributed by atoms with van der Waals surface area (Å²) in [5.74, 6) is -0.495. The van der Waals surface area contributed by atoms with Crippen molar-refractivity contribution >= 4 is 17.6 Å². The predicted octanol–water partition coefficient (Wildman–Crippen LogP) is 5.71. The molecular formula is C23H20F3N3O2. The molecule has 0 radical (unpaired) electrons. The van der Waals surface area contributed by atoms with Gasteiger partial charge in [-0.3, -0.25) is 0 Å². The highest BCUT2D eigenvalue weighted by molar-refractivity contribution is 5.88. The predicted molar refractivity (Wildman–Crippen MR) is 110 cm³/mol. The number of rotatable bonds is 4. The number of nitrogens with one attached hydrogen (secondary N) is 1. The van der Waals surface area contributed by atoms with Gasteiger partial charge in [0.15, 0.2) is 0 Å². The van der Waals surface area contributed by atoms with E-state index in [9.17, 15) is 23.1 Å². The highest BCUT2D eigenvalue weighted by atomic mass is 19.4. The third-order valence-electron chi connectivity index (χ3n) is 5.39. The van der Waals surface area contributed by atoms with Gasteiger partial charge in [0.2, 0.25) is 0 Å². The summed E-state index contributed by atoms with van der Waals surface area (Å²) in [6.07, 6.45) is -0.784. The molecule has 2 heterocycles. The molecule has 2 aromatic heterocycles. The summed E-state index contributed by atoms with van der Waals surface area (Å²) in [5.41, 5.74) is 3.21. The Kier molecular flexibility index (Phi) is 5.39. The van der Waals surface area contributed by atoms with Crippen molar-refractivity contribution in [2.24, 2.45) is 0 Å². The van der Waals surface area contributed by atoms with Crippen molar-refractivity contribution < 1.29 is 23.1 Å². The van der Waals surface area contributed by atoms with Crippen LogP contribution in [-0.2, 0) is 12.6 Å². The number of anilines is 2. The number of aromatic carboxylic acids is 1. The first-order valence-corrected chi connectivity index (χ1v) is 9.85. The molecule has 8 heteroatoms. The zero-order chi connectivity index (χ0) is 22.2. The average Bonchev–Trinajstić information content (AvgIpc) is 2.72. The number of pyridine rings is 2. The number of fused-ring (bicyclic) bond motifs is 1. The number of hydrogen-bond donors (Lipinski definition) is 2. The van der Waals surface area contributed by atoms with Crippen LogP contribution in [0.4, 0.5) is 24.8 Å². The van der Waals surface area contributed by atoms with E-state index in [0.717, 1.165) is 60.0 Å². The van der Waals surface area contributed by atoms with Crippen molar-refractivity contribution in [2.45, 2.75) is 38.3 Å². The highest BCUT2D eigenvalue weighted by Crippen LogP contribution is 2.37. The van der Waals surface area contributed by atoms with Gasteiger partial charge in [-0.05, 0) is 79.3 Å². The number of benzene rings is 1. The molecule has 1 aliphatic carbocycles. The molecule has 3 aromatic rings. The molecule has 0 bridgehead atoms. The number of aryl methyl sites for hydroxylation is 2. The number of alkyl halides is 3. The molecule has 0 saturated heterocycles. The summed E-state index contributed by atoms with van der Waals surface area (Å²) in [6, 6.07) is 10.7. The van der Waals surface area contributed by atoms with Gasteiger partial charge in [0.25, 0.3) is 0 Å². The molecule has 160 valence electrons. The summed E-state index contributed by atoms with van der Waals surface area (Å²) < 4.78 is 39.0. The van der Waals surface area contributed by atoms with Gasteiger partial charge in [-0.1, -0.05) is 6.07 Å². The Morgan fingerprint density at radius 1 is 1.13 bits per heavy atom. The van der Waals surface area contributed by atoms with Gasteiger partial charge in [0, 0.05) is 12.1 Å². The maximum absolute atomic E-state index is 13.0. The standard InChI is InChI=1S/C23H20F3N3O2/c1-13-9-19(18-4-2-3-14-11-15(22(30)31)5-6-17(14)18)28-21(10-13)29-20-12-16(7-8-27-20)23(24,25)26/h5-12,18H,2-4H2,1H3,(H,30,31)(H,27,28,29). The van der Waals surface area contributed by atoms with Crippen LogP contribution in [0.5, 0.6) is 0 Å². The molecule has 31 heavy (non-hydrogen) atoms. The molecule has 1 atom stereocenters. The van der Waals surface area contributed by atoms with Gasteiger partial charge >= 0.3 is 12.1 Å². The number of aromatic nitrogens is 2. The first kappa shape index (κ1) is 20.8. The summed E-state index contributed by atoms with van der Waals surface area (Å²) in [4.78, 5) is 19.9. The van der Waals surface area contributed by atoms with E-state index in [4.69, 9.17) is 0 Å². The van der Waals surface area contributed by atoms with Gasteiger partial charge in [0.1, 0.15) is 11.6 Å². The van der Waals surface area contributed by atoms with Crippen LogP contribution in [0.2, 0.25) is 0 Å². The maximum atomic E-state index is 13.0. The number of nitrogens with zero attached hydrogens (tertiary/aromatic N) is 2. The molecule has 5 nitrogen and oxygen atoms in total. The Bertz CT molecular complexity index is 1150. The van der Waals surface area contributed by atoms with E-state index in [1.165, 1.54) is 0 Å². The minimum atomic E-state index is -4.45. The fraction of sp³-hybridized carbons (Fsp3) is 0.261. The molecule has 1 aliphatic rings. The molecule has 0 fully saturated rings. The Balaban J connectivity index is 1.66. The lowest BCUT2D eigenvalue weighted by atomic mass is 9.80. The molecule has 0 spiro atoms. The quantitative estimate of drug-likeness (QED) is 0.558. The second kappa shape index (κ2) is 8.02. The number of carbonyl (C=O) groups is 1. The van der Waals surface area contributed by atoms with Crippen LogP contribution in [0.15, 0.2) is 48.7 Å². The van der Waals surface area contributed by atoms with Crippen LogP contribution in [0.25, 0.3) is 0 Å². The summed E-state index contributed by atoms with van der Waals surface area (Å²) in [7, 11) is 0. The first-order chi connectivity index (χ1) is 14.7. The van der Waals surface area contributed by atoms with Crippen LogP contribution in [0, 0.1) is 6.92 Å². The highest BCUT2D eigenvalue weighted by Gasteiger charge is 2.31. The van der Waals surface area contributed by atoms with E-state index in [0.29, 0.717) is 5.82 Å². The lowest BCUT2D eigenvalue weighted by molar-refractivity contribution is -0.137. The molecule has 0 amide bonds. The van der Waals surface area contributed by atoms with Gasteiger partial charge < -0.3 is 10.4 Å². The SMILES string of the molecule is Cc1cc(Nc2cc(C(F)(F)F)ccn2)nc(C2CCCc3cc(C(=O)O)ccc32)c1. The Morgan fingerprint density at radius 2 is 1.94 bits per heavy atom. The summed E-state index contributed by atoms with van der Waals surface area (Å²) >= 11 is 0. The summed E-state index contributed by atoms with van der Waals surface area (Å²) in [6.45, 7) is 1.90. The van der Waals surface area contributed by atoms with Crippen LogP contribution in [-0.4, -0.2) is 21.0 Å². The molecular weight excluding hydrogens is 407 g/mol. The van der Waals surface area contributed by atoms with Crippen LogP contribution in [0.3, 0.4) is 0 Å². The molecule has 4 rings (SSSR count). The lowest BCUT2D eigenvalue weighted by Gasteiger charge is -2.26. The third kappa shape index (κ3) is 4.52. The Morgan fingerprint density at radius 3 is 2.68 bits per heavy atom. The molecule has 1 aromatic carbocycles. The molecule has 2 N–H and O–H groups in total. The van der Waals surface area contributed by atoms with Crippen molar-refractivity contribution in [3.05, 3.63) is 82.2 Å². The van der Waals surface area contributed by atoms with Crippen molar-refractivity contribution in [3.8, 4) is 0 Å². The fourth-order valence-electron chi connectivity index (χ4n) is 4.00. The van der Waals surface area contributed by atoms with Crippen LogP contribution >= 0.6 is 0 Å². The van der Waals surface area contributed by atoms with E-state index in [1.807, 2.05) is 19.1 Å². The minimum absolute atomic E-state index is 0.0125. The monoisotopic (exact) mass is 427 g/mol. The van der Waals surface area contributed by atoms with Gasteiger partial charge in [-0.15, -0.1) is 0 Å². The largest absolute Gasteiger partial charge is 0.478 e. The van der Waals surface area contributed by atoms with Crippen LogP contribution in [0.1, 0.15) is 57.1 Å². The smallest absolute Gasteiger partial charge is 0.416 e. The van der Waals surface area contributed by atoms with Crippen molar-refractivity contribution in [1.82, 2.24) is 9.97 Å². The van der Waals surface area contributed by atoms with Crippen LogP contribution < -0.4 is 5.32 Å². The number of halogens is 3. The minimum Gasteiger partial charge on any atom is -0.478 e. The van der Waals surface area contributed by atoms with Crippen molar-refractivity contribution in [1.29, 1.82) is 0 Å². The van der Waals surface area contributed by atoms with Gasteiger partial charge in [-0.2, -0.15) is 13.2 Å².